The summed E-state index contributed by atoms with van der Waals surface area (Å²) in [7, 11) is 0. The number of nitrogens with one attached hydrogen (secondary N) is 1. The van der Waals surface area contributed by atoms with Crippen molar-refractivity contribution in [3.05, 3.63) is 0 Å². The minimum Gasteiger partial charge on any atom is -0.369 e. The fourth-order valence-electron chi connectivity index (χ4n) is 4.85. The van der Waals surface area contributed by atoms with Gasteiger partial charge < -0.3 is 10.1 Å². The first-order chi connectivity index (χ1) is 9.67. The fraction of sp³-hybridized carbons (Fsp3) is 1.00. The Kier molecular flexibility index (Phi) is 4.72. The van der Waals surface area contributed by atoms with Crippen LogP contribution in [0.1, 0.15) is 71.6 Å². The first kappa shape index (κ1) is 14.8. The lowest BCUT2D eigenvalue weighted by atomic mass is 9.73. The molecular formula is C18H33NO. The second kappa shape index (κ2) is 6.36. The summed E-state index contributed by atoms with van der Waals surface area (Å²) >= 11 is 0. The zero-order chi connectivity index (χ0) is 14.0. The maximum Gasteiger partial charge on any atom is 0.0813 e. The van der Waals surface area contributed by atoms with E-state index in [1.807, 2.05) is 0 Å². The van der Waals surface area contributed by atoms with E-state index in [2.05, 4.69) is 19.2 Å². The van der Waals surface area contributed by atoms with Gasteiger partial charge in [-0.2, -0.15) is 0 Å². The Morgan fingerprint density at radius 3 is 2.70 bits per heavy atom. The largest absolute Gasteiger partial charge is 0.369 e. The third-order valence-electron chi connectivity index (χ3n) is 6.09. The fourth-order valence-corrected chi connectivity index (χ4v) is 4.85. The van der Waals surface area contributed by atoms with Crippen LogP contribution in [0.15, 0.2) is 0 Å². The Bertz CT molecular complexity index is 307. The van der Waals surface area contributed by atoms with E-state index in [1.165, 1.54) is 57.8 Å². The van der Waals surface area contributed by atoms with Gasteiger partial charge in [0.25, 0.3) is 0 Å². The minimum atomic E-state index is 0.175. The Hall–Kier alpha value is -0.0800. The monoisotopic (exact) mass is 279 g/mol. The average molecular weight is 279 g/mol. The Balaban J connectivity index is 1.58. The summed E-state index contributed by atoms with van der Waals surface area (Å²) in [6, 6.07) is 0. The predicted octanol–water partition coefficient (Wildman–Crippen LogP) is 4.14. The second-order valence-corrected chi connectivity index (χ2v) is 8.04. The van der Waals surface area contributed by atoms with E-state index in [0.29, 0.717) is 6.10 Å². The highest BCUT2D eigenvalue weighted by molar-refractivity contribution is 4.95. The molecule has 3 rings (SSSR count). The van der Waals surface area contributed by atoms with Crippen molar-refractivity contribution in [2.45, 2.75) is 83.3 Å². The van der Waals surface area contributed by atoms with Gasteiger partial charge >= 0.3 is 0 Å². The summed E-state index contributed by atoms with van der Waals surface area (Å²) in [6.07, 6.45) is 12.9. The summed E-state index contributed by atoms with van der Waals surface area (Å²) in [4.78, 5) is 0. The molecule has 2 aliphatic carbocycles. The van der Waals surface area contributed by atoms with Gasteiger partial charge in [-0.3, -0.25) is 0 Å². The number of ether oxygens (including phenoxy) is 1. The zero-order valence-electron chi connectivity index (χ0n) is 13.5. The maximum absolute atomic E-state index is 6.69. The van der Waals surface area contributed by atoms with Gasteiger partial charge in [-0.05, 0) is 43.4 Å². The molecule has 116 valence electrons. The van der Waals surface area contributed by atoms with Gasteiger partial charge in [-0.1, -0.05) is 46.0 Å². The van der Waals surface area contributed by atoms with Crippen molar-refractivity contribution in [2.24, 2.45) is 17.8 Å². The van der Waals surface area contributed by atoms with Crippen molar-refractivity contribution in [3.8, 4) is 0 Å². The van der Waals surface area contributed by atoms with Gasteiger partial charge in [-0.25, -0.2) is 0 Å². The first-order valence-corrected chi connectivity index (χ1v) is 9.05. The molecule has 3 atom stereocenters. The van der Waals surface area contributed by atoms with E-state index in [1.54, 1.807) is 0 Å². The molecule has 3 aliphatic rings. The van der Waals surface area contributed by atoms with Gasteiger partial charge in [-0.15, -0.1) is 0 Å². The average Bonchev–Trinajstić information content (AvgIpc) is 2.92. The SMILES string of the molecule is CC(C)C1CCCC2(CNCC(CC3CCCC3)O2)C1. The standard InChI is InChI=1S/C18H33NO/c1-14(2)16-8-5-9-18(11-16)13-19-12-17(20-18)10-15-6-3-4-7-15/h14-17,19H,3-13H2,1-2H3. The lowest BCUT2D eigenvalue weighted by Gasteiger charge is -2.47. The molecule has 2 heteroatoms. The molecule has 20 heavy (non-hydrogen) atoms. The quantitative estimate of drug-likeness (QED) is 0.838. The molecule has 1 heterocycles. The van der Waals surface area contributed by atoms with Crippen LogP contribution in [0, 0.1) is 17.8 Å². The summed E-state index contributed by atoms with van der Waals surface area (Å²) in [5.74, 6) is 2.63. The van der Waals surface area contributed by atoms with Crippen LogP contribution in [0.25, 0.3) is 0 Å². The lowest BCUT2D eigenvalue weighted by molar-refractivity contribution is -0.150. The van der Waals surface area contributed by atoms with E-state index in [-0.39, 0.29) is 5.60 Å². The highest BCUT2D eigenvalue weighted by Crippen LogP contribution is 2.41. The minimum absolute atomic E-state index is 0.175. The number of hydrogen-bond donors (Lipinski definition) is 1. The molecular weight excluding hydrogens is 246 g/mol. The van der Waals surface area contributed by atoms with Gasteiger partial charge in [0.05, 0.1) is 11.7 Å². The molecule has 2 nitrogen and oxygen atoms in total. The van der Waals surface area contributed by atoms with E-state index in [4.69, 9.17) is 4.74 Å². The molecule has 3 unspecified atom stereocenters. The summed E-state index contributed by atoms with van der Waals surface area (Å²) in [5.41, 5.74) is 0.175. The molecule has 0 aromatic heterocycles. The summed E-state index contributed by atoms with van der Waals surface area (Å²) in [5, 5.41) is 3.70. The van der Waals surface area contributed by atoms with Gasteiger partial charge in [0.15, 0.2) is 0 Å². The molecule has 0 aromatic rings. The second-order valence-electron chi connectivity index (χ2n) is 8.04. The summed E-state index contributed by atoms with van der Waals surface area (Å²) < 4.78 is 6.69. The molecule has 1 aliphatic heterocycles. The van der Waals surface area contributed by atoms with Crippen LogP contribution in [0.3, 0.4) is 0 Å². The lowest BCUT2D eigenvalue weighted by Crippen LogP contribution is -2.56. The van der Waals surface area contributed by atoms with Crippen molar-refractivity contribution >= 4 is 0 Å². The maximum atomic E-state index is 6.69. The van der Waals surface area contributed by atoms with E-state index in [0.717, 1.165) is 30.8 Å². The zero-order valence-corrected chi connectivity index (χ0v) is 13.5. The number of hydrogen-bond acceptors (Lipinski definition) is 2. The first-order valence-electron chi connectivity index (χ1n) is 9.05. The molecule has 2 saturated carbocycles. The van der Waals surface area contributed by atoms with Gasteiger partial charge in [0.1, 0.15) is 0 Å². The molecule has 0 aromatic carbocycles. The van der Waals surface area contributed by atoms with Crippen molar-refractivity contribution in [3.63, 3.8) is 0 Å². The molecule has 1 spiro atoms. The van der Waals surface area contributed by atoms with Crippen LogP contribution < -0.4 is 5.32 Å². The van der Waals surface area contributed by atoms with E-state index < -0.39 is 0 Å². The van der Waals surface area contributed by atoms with Crippen LogP contribution in [-0.4, -0.2) is 24.8 Å². The van der Waals surface area contributed by atoms with Crippen LogP contribution in [0.4, 0.5) is 0 Å². The highest BCUT2D eigenvalue weighted by Gasteiger charge is 2.42. The number of rotatable bonds is 3. The van der Waals surface area contributed by atoms with Gasteiger partial charge in [0, 0.05) is 13.1 Å². The molecule has 0 bridgehead atoms. The Morgan fingerprint density at radius 1 is 1.15 bits per heavy atom. The smallest absolute Gasteiger partial charge is 0.0813 e. The van der Waals surface area contributed by atoms with Crippen molar-refractivity contribution in [1.29, 1.82) is 0 Å². The van der Waals surface area contributed by atoms with Crippen LogP contribution in [0.5, 0.6) is 0 Å². The summed E-state index contributed by atoms with van der Waals surface area (Å²) in [6.45, 7) is 6.95. The van der Waals surface area contributed by atoms with E-state index in [9.17, 15) is 0 Å². The van der Waals surface area contributed by atoms with E-state index >= 15 is 0 Å². The predicted molar refractivity (Wildman–Crippen MR) is 83.8 cm³/mol. The Labute approximate surface area is 125 Å². The third-order valence-corrected chi connectivity index (χ3v) is 6.09. The molecule has 0 amide bonds. The van der Waals surface area contributed by atoms with Crippen LogP contribution in [0.2, 0.25) is 0 Å². The topological polar surface area (TPSA) is 21.3 Å². The van der Waals surface area contributed by atoms with Gasteiger partial charge in [0.2, 0.25) is 0 Å². The number of morpholine rings is 1. The highest BCUT2D eigenvalue weighted by atomic mass is 16.5. The van der Waals surface area contributed by atoms with Crippen LogP contribution in [-0.2, 0) is 4.74 Å². The molecule has 3 fully saturated rings. The molecule has 1 saturated heterocycles. The van der Waals surface area contributed by atoms with Crippen molar-refractivity contribution in [2.75, 3.05) is 13.1 Å². The van der Waals surface area contributed by atoms with Crippen molar-refractivity contribution < 1.29 is 4.74 Å². The molecule has 0 radical (unpaired) electrons. The molecule has 1 N–H and O–H groups in total. The Morgan fingerprint density at radius 2 is 1.95 bits per heavy atom. The third kappa shape index (κ3) is 3.39. The van der Waals surface area contributed by atoms with Crippen molar-refractivity contribution in [1.82, 2.24) is 5.32 Å². The van der Waals surface area contributed by atoms with Crippen LogP contribution >= 0.6 is 0 Å². The normalized spacial score (nSPS) is 39.8.